The van der Waals surface area contributed by atoms with Crippen molar-refractivity contribution in [3.8, 4) is 0 Å². The molecule has 3 rings (SSSR count). The lowest BCUT2D eigenvalue weighted by atomic mass is 10.1. The largest absolute Gasteiger partial charge is 0.445 e. The van der Waals surface area contributed by atoms with Gasteiger partial charge in [-0.15, -0.1) is 10.2 Å². The van der Waals surface area contributed by atoms with E-state index in [0.717, 1.165) is 6.42 Å². The van der Waals surface area contributed by atoms with Crippen molar-refractivity contribution in [1.82, 2.24) is 24.9 Å². The molecule has 0 saturated heterocycles. The fourth-order valence-electron chi connectivity index (χ4n) is 2.84. The molecule has 28 heavy (non-hydrogen) atoms. The van der Waals surface area contributed by atoms with E-state index >= 15 is 0 Å². The Morgan fingerprint density at radius 3 is 2.61 bits per heavy atom. The molecule has 0 aliphatic carbocycles. The van der Waals surface area contributed by atoms with Crippen molar-refractivity contribution in [1.29, 1.82) is 0 Å². The summed E-state index contributed by atoms with van der Waals surface area (Å²) in [4.78, 5) is 26.9. The average Bonchev–Trinajstić information content (AvgIpc) is 3.19. The van der Waals surface area contributed by atoms with Gasteiger partial charge in [-0.2, -0.15) is 18.3 Å². The number of nitrogens with zero attached hydrogens (tertiary/aromatic N) is 5. The van der Waals surface area contributed by atoms with Crippen LogP contribution in [0.2, 0.25) is 0 Å². The summed E-state index contributed by atoms with van der Waals surface area (Å²) in [5, 5.41) is 11.4. The van der Waals surface area contributed by atoms with Crippen molar-refractivity contribution in [2.24, 2.45) is 5.92 Å². The molecule has 2 aromatic rings. The minimum absolute atomic E-state index is 0.0159. The smallest absolute Gasteiger partial charge is 0.335 e. The number of carbonyl (C=O) groups excluding carboxylic acids is 2. The predicted molar refractivity (Wildman–Crippen MR) is 95.2 cm³/mol. The van der Waals surface area contributed by atoms with E-state index in [1.54, 1.807) is 11.8 Å². The van der Waals surface area contributed by atoms with Crippen LogP contribution in [0.15, 0.2) is 0 Å². The third-order valence-electron chi connectivity index (χ3n) is 4.34. The number of carbonyl (C=O) groups is 2. The van der Waals surface area contributed by atoms with Gasteiger partial charge in [0, 0.05) is 18.7 Å². The number of hydrogen-bond donors (Lipinski definition) is 1. The van der Waals surface area contributed by atoms with Gasteiger partial charge in [-0.1, -0.05) is 25.2 Å². The van der Waals surface area contributed by atoms with E-state index in [1.807, 2.05) is 0 Å². The lowest BCUT2D eigenvalue weighted by molar-refractivity contribution is -0.138. The van der Waals surface area contributed by atoms with Crippen molar-refractivity contribution >= 4 is 28.3 Å². The van der Waals surface area contributed by atoms with Gasteiger partial charge < -0.3 is 4.90 Å². The molecule has 0 spiro atoms. The van der Waals surface area contributed by atoms with E-state index in [1.165, 1.54) is 4.68 Å². The number of nitrogens with one attached hydrogen (secondary N) is 1. The molecular weight excluding hydrogens is 397 g/mol. The molecule has 3 heterocycles. The molecule has 0 aromatic carbocycles. The minimum atomic E-state index is -4.63. The number of fused-ring (bicyclic) bond motifs is 1. The van der Waals surface area contributed by atoms with Gasteiger partial charge in [0.05, 0.1) is 6.54 Å². The molecule has 1 N–H and O–H groups in total. The molecule has 0 unspecified atom stereocenters. The molecular formula is C16H19F3N6O2S. The first-order valence-electron chi connectivity index (χ1n) is 8.66. The maximum Gasteiger partial charge on any atom is 0.445 e. The maximum atomic E-state index is 12.7. The maximum absolute atomic E-state index is 12.7. The molecule has 152 valence electrons. The zero-order valence-electron chi connectivity index (χ0n) is 15.5. The zero-order valence-corrected chi connectivity index (χ0v) is 16.3. The number of rotatable bonds is 5. The molecule has 12 heteroatoms. The van der Waals surface area contributed by atoms with Crippen LogP contribution in [0.3, 0.4) is 0 Å². The molecule has 2 aromatic heterocycles. The summed E-state index contributed by atoms with van der Waals surface area (Å²) in [6, 6.07) is 0. The topological polar surface area (TPSA) is 93.0 Å². The summed E-state index contributed by atoms with van der Waals surface area (Å²) in [7, 11) is 0. The molecule has 0 atom stereocenters. The first kappa shape index (κ1) is 20.2. The van der Waals surface area contributed by atoms with E-state index in [0.29, 0.717) is 36.8 Å². The van der Waals surface area contributed by atoms with Gasteiger partial charge in [0.25, 0.3) is 11.8 Å². The number of alkyl halides is 3. The van der Waals surface area contributed by atoms with Crippen LogP contribution in [0.5, 0.6) is 0 Å². The highest BCUT2D eigenvalue weighted by atomic mass is 32.1. The number of aromatic nitrogens is 4. The van der Waals surface area contributed by atoms with Crippen molar-refractivity contribution in [2.45, 2.75) is 39.9 Å². The molecule has 1 aliphatic rings. The lowest BCUT2D eigenvalue weighted by Crippen LogP contribution is -2.41. The van der Waals surface area contributed by atoms with Crippen LogP contribution in [-0.4, -0.2) is 49.8 Å². The summed E-state index contributed by atoms with van der Waals surface area (Å²) < 4.78 is 39.3. The van der Waals surface area contributed by atoms with Gasteiger partial charge >= 0.3 is 6.18 Å². The third-order valence-corrected chi connectivity index (χ3v) is 5.22. The predicted octanol–water partition coefficient (Wildman–Crippen LogP) is 2.82. The third kappa shape index (κ3) is 4.01. The van der Waals surface area contributed by atoms with Crippen molar-refractivity contribution < 1.29 is 22.8 Å². The Balaban J connectivity index is 1.78. The van der Waals surface area contributed by atoms with E-state index in [4.69, 9.17) is 0 Å². The Bertz CT molecular complexity index is 905. The molecule has 2 amide bonds. The van der Waals surface area contributed by atoms with Gasteiger partial charge in [0.2, 0.25) is 10.1 Å². The number of anilines is 1. The highest BCUT2D eigenvalue weighted by molar-refractivity contribution is 7.15. The van der Waals surface area contributed by atoms with E-state index in [-0.39, 0.29) is 28.1 Å². The standard InChI is InChI=1S/C16H19F3N6O2S/c1-8(2)4-5-24-6-7-25-11(13(24)27)9(3)10(23-25)12(26)20-15-22-21-14(28-15)16(17,18)19/h8H,4-7H2,1-3H3,(H,20,22,26). The normalized spacial score (nSPS) is 14.5. The second-order valence-electron chi connectivity index (χ2n) is 6.88. The molecule has 0 radical (unpaired) electrons. The summed E-state index contributed by atoms with van der Waals surface area (Å²) >= 11 is 0.225. The van der Waals surface area contributed by atoms with Crippen molar-refractivity contribution in [3.63, 3.8) is 0 Å². The Labute approximate surface area is 162 Å². The Hall–Kier alpha value is -2.50. The first-order chi connectivity index (χ1) is 13.1. The summed E-state index contributed by atoms with van der Waals surface area (Å²) in [6.07, 6.45) is -3.76. The first-order valence-corrected chi connectivity index (χ1v) is 9.48. The Kier molecular flexibility index (Phi) is 5.41. The van der Waals surface area contributed by atoms with Crippen LogP contribution in [0, 0.1) is 12.8 Å². The van der Waals surface area contributed by atoms with Gasteiger partial charge in [0.1, 0.15) is 5.69 Å². The van der Waals surface area contributed by atoms with Crippen LogP contribution < -0.4 is 5.32 Å². The fraction of sp³-hybridized carbons (Fsp3) is 0.562. The second kappa shape index (κ2) is 7.49. The number of halogens is 3. The molecule has 8 nitrogen and oxygen atoms in total. The van der Waals surface area contributed by atoms with Crippen LogP contribution in [0.4, 0.5) is 18.3 Å². The molecule has 0 saturated carbocycles. The molecule has 0 fully saturated rings. The van der Waals surface area contributed by atoms with Crippen LogP contribution in [-0.2, 0) is 12.7 Å². The summed E-state index contributed by atoms with van der Waals surface area (Å²) in [6.45, 7) is 7.30. The van der Waals surface area contributed by atoms with Gasteiger partial charge in [-0.25, -0.2) is 0 Å². The van der Waals surface area contributed by atoms with Crippen LogP contribution in [0.25, 0.3) is 0 Å². The van der Waals surface area contributed by atoms with E-state index in [2.05, 4.69) is 34.5 Å². The van der Waals surface area contributed by atoms with E-state index < -0.39 is 17.1 Å². The quantitative estimate of drug-likeness (QED) is 0.809. The highest BCUT2D eigenvalue weighted by Crippen LogP contribution is 2.33. The van der Waals surface area contributed by atoms with Crippen LogP contribution >= 0.6 is 11.3 Å². The Morgan fingerprint density at radius 2 is 2.00 bits per heavy atom. The molecule has 1 aliphatic heterocycles. The SMILES string of the molecule is Cc1c(C(=O)Nc2nnc(C(F)(F)F)s2)nn2c1C(=O)N(CCC(C)C)CC2. The summed E-state index contributed by atoms with van der Waals surface area (Å²) in [5.41, 5.74) is 0.698. The van der Waals surface area contributed by atoms with Crippen LogP contribution in [0.1, 0.15) is 51.8 Å². The monoisotopic (exact) mass is 416 g/mol. The van der Waals surface area contributed by atoms with E-state index in [9.17, 15) is 22.8 Å². The minimum Gasteiger partial charge on any atom is -0.335 e. The van der Waals surface area contributed by atoms with Gasteiger partial charge in [0.15, 0.2) is 5.69 Å². The van der Waals surface area contributed by atoms with Crippen molar-refractivity contribution in [3.05, 3.63) is 22.0 Å². The second-order valence-corrected chi connectivity index (χ2v) is 7.86. The number of hydrogen-bond acceptors (Lipinski definition) is 6. The van der Waals surface area contributed by atoms with Gasteiger partial charge in [-0.3, -0.25) is 19.6 Å². The average molecular weight is 416 g/mol. The zero-order chi connectivity index (χ0) is 20.6. The summed E-state index contributed by atoms with van der Waals surface area (Å²) in [5.74, 6) is -0.479. The highest BCUT2D eigenvalue weighted by Gasteiger charge is 2.36. The Morgan fingerprint density at radius 1 is 1.29 bits per heavy atom. The van der Waals surface area contributed by atoms with Gasteiger partial charge in [-0.05, 0) is 19.3 Å². The lowest BCUT2D eigenvalue weighted by Gasteiger charge is -2.28. The fourth-order valence-corrected chi connectivity index (χ4v) is 3.44. The molecule has 0 bridgehead atoms. The number of amides is 2. The van der Waals surface area contributed by atoms with Crippen molar-refractivity contribution in [2.75, 3.05) is 18.4 Å².